The maximum atomic E-state index is 2.50. The van der Waals surface area contributed by atoms with E-state index < -0.39 is 8.07 Å². The number of rotatable bonds is 3. The predicted octanol–water partition coefficient (Wildman–Crippen LogP) is 5.14. The minimum atomic E-state index is -1.14. The number of benzene rings is 1. The monoisotopic (exact) mass is 270 g/mol. The zero-order chi connectivity index (χ0) is 14.2. The minimum Gasteiger partial charge on any atom is -0.0780 e. The summed E-state index contributed by atoms with van der Waals surface area (Å²) in [6.45, 7) is 13.9. The van der Waals surface area contributed by atoms with E-state index in [1.54, 1.807) is 5.20 Å². The van der Waals surface area contributed by atoms with Gasteiger partial charge in [0.05, 0.1) is 8.07 Å². The van der Waals surface area contributed by atoms with Crippen LogP contribution < -0.4 is 0 Å². The molecule has 19 heavy (non-hydrogen) atoms. The molecule has 2 rings (SSSR count). The molecule has 0 amide bonds. The average Bonchev–Trinajstić information content (AvgIpc) is 2.74. The van der Waals surface area contributed by atoms with Gasteiger partial charge in [-0.1, -0.05) is 55.2 Å². The number of hydrogen-bond acceptors (Lipinski definition) is 0. The van der Waals surface area contributed by atoms with Crippen molar-refractivity contribution in [2.75, 3.05) is 0 Å². The summed E-state index contributed by atoms with van der Waals surface area (Å²) in [5.74, 6) is 0.600. The van der Waals surface area contributed by atoms with Gasteiger partial charge < -0.3 is 0 Å². The van der Waals surface area contributed by atoms with Gasteiger partial charge in [-0.15, -0.1) is 0 Å². The van der Waals surface area contributed by atoms with Gasteiger partial charge in [0.25, 0.3) is 0 Å². The molecule has 0 bridgehead atoms. The van der Waals surface area contributed by atoms with Crippen LogP contribution >= 0.6 is 0 Å². The largest absolute Gasteiger partial charge is 0.0780 e. The Morgan fingerprint density at radius 2 is 1.58 bits per heavy atom. The molecule has 0 nitrogen and oxygen atoms in total. The summed E-state index contributed by atoms with van der Waals surface area (Å²) < 4.78 is 0. The van der Waals surface area contributed by atoms with Gasteiger partial charge in [-0.05, 0) is 55.4 Å². The molecule has 102 valence electrons. The zero-order valence-corrected chi connectivity index (χ0v) is 14.2. The lowest BCUT2D eigenvalue weighted by molar-refractivity contribution is 0.808. The SMILES string of the molecule is Cc1cc(C)c(CC2C=CC([Si](C)(C)C)=C2)cc1C. The molecule has 0 radical (unpaired) electrons. The first kappa shape index (κ1) is 14.3. The van der Waals surface area contributed by atoms with Gasteiger partial charge >= 0.3 is 0 Å². The van der Waals surface area contributed by atoms with E-state index in [0.717, 1.165) is 6.42 Å². The van der Waals surface area contributed by atoms with Crippen LogP contribution in [0, 0.1) is 26.7 Å². The van der Waals surface area contributed by atoms with Gasteiger partial charge in [0.2, 0.25) is 0 Å². The van der Waals surface area contributed by atoms with Crippen LogP contribution in [0.4, 0.5) is 0 Å². The molecule has 1 aromatic rings. The summed E-state index contributed by atoms with van der Waals surface area (Å²) in [5.41, 5.74) is 5.76. The van der Waals surface area contributed by atoms with Crippen molar-refractivity contribution in [3.05, 3.63) is 57.8 Å². The van der Waals surface area contributed by atoms with Gasteiger partial charge in [-0.3, -0.25) is 0 Å². The molecule has 1 unspecified atom stereocenters. The van der Waals surface area contributed by atoms with Crippen LogP contribution in [0.1, 0.15) is 22.3 Å². The summed E-state index contributed by atoms with van der Waals surface area (Å²) in [7, 11) is -1.14. The second kappa shape index (κ2) is 5.13. The highest BCUT2D eigenvalue weighted by molar-refractivity contribution is 6.83. The molecule has 0 aliphatic heterocycles. The van der Waals surface area contributed by atoms with Crippen molar-refractivity contribution < 1.29 is 0 Å². The number of allylic oxidation sites excluding steroid dienone is 4. The maximum absolute atomic E-state index is 2.50. The van der Waals surface area contributed by atoms with Crippen LogP contribution in [0.3, 0.4) is 0 Å². The van der Waals surface area contributed by atoms with Crippen molar-refractivity contribution in [2.45, 2.75) is 46.8 Å². The number of hydrogen-bond donors (Lipinski definition) is 0. The first-order chi connectivity index (χ1) is 8.77. The third-order valence-corrected chi connectivity index (χ3v) is 6.26. The molecule has 1 aromatic carbocycles. The summed E-state index contributed by atoms with van der Waals surface area (Å²) in [5, 5.41) is 1.61. The lowest BCUT2D eigenvalue weighted by atomic mass is 9.93. The highest BCUT2D eigenvalue weighted by Crippen LogP contribution is 2.28. The minimum absolute atomic E-state index is 0.600. The Hall–Kier alpha value is -1.08. The molecule has 0 fully saturated rings. The van der Waals surface area contributed by atoms with E-state index in [-0.39, 0.29) is 0 Å². The fourth-order valence-electron chi connectivity index (χ4n) is 2.69. The van der Waals surface area contributed by atoms with Crippen molar-refractivity contribution in [2.24, 2.45) is 5.92 Å². The summed E-state index contributed by atoms with van der Waals surface area (Å²) in [4.78, 5) is 0. The van der Waals surface area contributed by atoms with E-state index in [1.807, 2.05) is 0 Å². The quantitative estimate of drug-likeness (QED) is 0.667. The Kier molecular flexibility index (Phi) is 3.87. The molecule has 1 atom stereocenters. The van der Waals surface area contributed by atoms with Gasteiger partial charge in [-0.25, -0.2) is 0 Å². The van der Waals surface area contributed by atoms with Gasteiger partial charge in [0.15, 0.2) is 0 Å². The number of aryl methyl sites for hydroxylation is 3. The molecular formula is C18H26Si. The molecule has 0 saturated carbocycles. The van der Waals surface area contributed by atoms with Gasteiger partial charge in [-0.2, -0.15) is 0 Å². The van der Waals surface area contributed by atoms with E-state index >= 15 is 0 Å². The Bertz CT molecular complexity index is 542. The van der Waals surface area contributed by atoms with Crippen LogP contribution in [0.15, 0.2) is 35.6 Å². The third-order valence-electron chi connectivity index (χ3n) is 4.19. The molecule has 1 aliphatic carbocycles. The summed E-state index contributed by atoms with van der Waals surface area (Å²) in [6, 6.07) is 4.70. The van der Waals surface area contributed by atoms with Crippen LogP contribution in [0.2, 0.25) is 19.6 Å². The van der Waals surface area contributed by atoms with Crippen LogP contribution in [0.25, 0.3) is 0 Å². The molecule has 0 heterocycles. The topological polar surface area (TPSA) is 0 Å². The van der Waals surface area contributed by atoms with Crippen molar-refractivity contribution in [3.63, 3.8) is 0 Å². The van der Waals surface area contributed by atoms with Crippen molar-refractivity contribution >= 4 is 8.07 Å². The average molecular weight is 270 g/mol. The zero-order valence-electron chi connectivity index (χ0n) is 13.2. The molecule has 0 aromatic heterocycles. The second-order valence-electron chi connectivity index (χ2n) is 6.96. The molecule has 1 aliphatic rings. The van der Waals surface area contributed by atoms with E-state index in [2.05, 4.69) is 70.8 Å². The van der Waals surface area contributed by atoms with E-state index in [9.17, 15) is 0 Å². The summed E-state index contributed by atoms with van der Waals surface area (Å²) in [6.07, 6.45) is 8.41. The van der Waals surface area contributed by atoms with Crippen molar-refractivity contribution in [1.82, 2.24) is 0 Å². The lowest BCUT2D eigenvalue weighted by Crippen LogP contribution is -2.22. The van der Waals surface area contributed by atoms with Crippen LogP contribution in [-0.4, -0.2) is 8.07 Å². The first-order valence-corrected chi connectivity index (χ1v) is 10.7. The van der Waals surface area contributed by atoms with Crippen LogP contribution in [0.5, 0.6) is 0 Å². The smallest absolute Gasteiger partial charge is 0.0771 e. The van der Waals surface area contributed by atoms with E-state index in [4.69, 9.17) is 0 Å². The predicted molar refractivity (Wildman–Crippen MR) is 88.4 cm³/mol. The van der Waals surface area contributed by atoms with E-state index in [1.165, 1.54) is 22.3 Å². The molecular weight excluding hydrogens is 244 g/mol. The molecule has 0 spiro atoms. The first-order valence-electron chi connectivity index (χ1n) is 7.24. The maximum Gasteiger partial charge on any atom is 0.0771 e. The Morgan fingerprint density at radius 3 is 2.16 bits per heavy atom. The van der Waals surface area contributed by atoms with Crippen LogP contribution in [-0.2, 0) is 6.42 Å². The molecule has 0 saturated heterocycles. The van der Waals surface area contributed by atoms with E-state index in [0.29, 0.717) is 5.92 Å². The molecule has 0 N–H and O–H groups in total. The third kappa shape index (κ3) is 3.27. The Balaban J connectivity index is 2.19. The Morgan fingerprint density at radius 1 is 0.947 bits per heavy atom. The fraction of sp³-hybridized carbons (Fsp3) is 0.444. The summed E-state index contributed by atoms with van der Waals surface area (Å²) >= 11 is 0. The lowest BCUT2D eigenvalue weighted by Gasteiger charge is -2.16. The fourth-order valence-corrected chi connectivity index (χ4v) is 4.00. The highest BCUT2D eigenvalue weighted by Gasteiger charge is 2.22. The second-order valence-corrected chi connectivity index (χ2v) is 12.0. The van der Waals surface area contributed by atoms with Crippen molar-refractivity contribution in [3.8, 4) is 0 Å². The highest BCUT2D eigenvalue weighted by atomic mass is 28.3. The van der Waals surface area contributed by atoms with Gasteiger partial charge in [0, 0.05) is 0 Å². The molecule has 1 heteroatoms. The van der Waals surface area contributed by atoms with Gasteiger partial charge in [0.1, 0.15) is 0 Å². The van der Waals surface area contributed by atoms with Crippen molar-refractivity contribution in [1.29, 1.82) is 0 Å². The Labute approximate surface area is 119 Å². The standard InChI is InChI=1S/C18H26Si/c1-13-9-15(3)17(10-14(13)2)11-16-7-8-18(12-16)19(4,5)6/h7-10,12,16H,11H2,1-6H3. The normalized spacial score (nSPS) is 18.8.